The van der Waals surface area contributed by atoms with Crippen LogP contribution in [0.5, 0.6) is 11.5 Å². The van der Waals surface area contributed by atoms with Crippen molar-refractivity contribution in [3.63, 3.8) is 0 Å². The van der Waals surface area contributed by atoms with E-state index in [0.29, 0.717) is 23.6 Å². The maximum Gasteiger partial charge on any atom is 0.257 e. The molecule has 1 amide bonds. The fourth-order valence-electron chi connectivity index (χ4n) is 2.36. The van der Waals surface area contributed by atoms with Crippen LogP contribution in [0.15, 0.2) is 48.0 Å². The van der Waals surface area contributed by atoms with Crippen molar-refractivity contribution in [3.05, 3.63) is 65.0 Å². The van der Waals surface area contributed by atoms with Crippen molar-refractivity contribution in [2.75, 3.05) is 20.3 Å². The Balaban J connectivity index is 2.23. The molecule has 0 radical (unpaired) electrons. The number of ether oxygens (including phenoxy) is 2. The molecule has 0 bridgehead atoms. The Labute approximate surface area is 162 Å². The second-order valence-corrected chi connectivity index (χ2v) is 5.66. The van der Waals surface area contributed by atoms with Gasteiger partial charge in [0.25, 0.3) is 5.91 Å². The van der Waals surface area contributed by atoms with E-state index in [1.165, 1.54) is 25.3 Å². The number of amides is 1. The predicted octanol–water partition coefficient (Wildman–Crippen LogP) is 3.14. The minimum absolute atomic E-state index is 0.107. The summed E-state index contributed by atoms with van der Waals surface area (Å²) < 4.78 is 23.7. The van der Waals surface area contributed by atoms with Gasteiger partial charge in [0.15, 0.2) is 18.1 Å². The van der Waals surface area contributed by atoms with Crippen LogP contribution in [0.3, 0.4) is 0 Å². The number of rotatable bonds is 8. The number of benzene rings is 2. The summed E-state index contributed by atoms with van der Waals surface area (Å²) >= 11 is 0. The number of hydrogen-bond acceptors (Lipinski definition) is 5. The number of nitriles is 1. The third-order valence-corrected chi connectivity index (χ3v) is 3.70. The van der Waals surface area contributed by atoms with Gasteiger partial charge in [0, 0.05) is 12.1 Å². The molecule has 28 heavy (non-hydrogen) atoms. The van der Waals surface area contributed by atoms with Crippen molar-refractivity contribution in [2.24, 2.45) is 0 Å². The van der Waals surface area contributed by atoms with Crippen molar-refractivity contribution in [1.29, 1.82) is 5.26 Å². The van der Waals surface area contributed by atoms with E-state index in [9.17, 15) is 19.2 Å². The van der Waals surface area contributed by atoms with E-state index >= 15 is 0 Å². The maximum atomic E-state index is 13.0. The lowest BCUT2D eigenvalue weighted by molar-refractivity contribution is -0.123. The van der Waals surface area contributed by atoms with Crippen LogP contribution in [0.4, 0.5) is 4.39 Å². The Morgan fingerprint density at radius 1 is 1.18 bits per heavy atom. The van der Waals surface area contributed by atoms with Crippen LogP contribution in [-0.2, 0) is 4.79 Å². The quantitative estimate of drug-likeness (QED) is 0.430. The molecule has 0 heterocycles. The third-order valence-electron chi connectivity index (χ3n) is 3.70. The van der Waals surface area contributed by atoms with Crippen LogP contribution in [-0.4, -0.2) is 32.0 Å². The summed E-state index contributed by atoms with van der Waals surface area (Å²) in [6, 6.07) is 11.6. The summed E-state index contributed by atoms with van der Waals surface area (Å²) in [5.41, 5.74) is 0.641. The van der Waals surface area contributed by atoms with E-state index < -0.39 is 11.6 Å². The van der Waals surface area contributed by atoms with E-state index in [2.05, 4.69) is 5.32 Å². The molecule has 0 aliphatic carbocycles. The molecule has 2 rings (SSSR count). The molecule has 0 aliphatic heterocycles. The van der Waals surface area contributed by atoms with Crippen molar-refractivity contribution in [2.45, 2.75) is 6.92 Å². The summed E-state index contributed by atoms with van der Waals surface area (Å²) in [7, 11) is 1.44. The van der Waals surface area contributed by atoms with Gasteiger partial charge in [-0.05, 0) is 55.0 Å². The van der Waals surface area contributed by atoms with Gasteiger partial charge in [0.2, 0.25) is 5.78 Å². The molecule has 6 nitrogen and oxygen atoms in total. The smallest absolute Gasteiger partial charge is 0.257 e. The Morgan fingerprint density at radius 3 is 2.50 bits per heavy atom. The van der Waals surface area contributed by atoms with Crippen molar-refractivity contribution >= 4 is 17.8 Å². The van der Waals surface area contributed by atoms with Gasteiger partial charge >= 0.3 is 0 Å². The molecule has 2 aromatic carbocycles. The van der Waals surface area contributed by atoms with Crippen molar-refractivity contribution < 1.29 is 23.5 Å². The van der Waals surface area contributed by atoms with Crippen LogP contribution in [0, 0.1) is 17.1 Å². The first-order valence-corrected chi connectivity index (χ1v) is 8.48. The number of allylic oxidation sites excluding steroid dienone is 1. The first-order chi connectivity index (χ1) is 13.5. The zero-order valence-electron chi connectivity index (χ0n) is 15.5. The summed E-state index contributed by atoms with van der Waals surface area (Å²) in [4.78, 5) is 24.0. The number of nitrogens with one attached hydrogen (secondary N) is 1. The molecule has 0 saturated carbocycles. The largest absolute Gasteiger partial charge is 0.493 e. The fraction of sp³-hybridized carbons (Fsp3) is 0.190. The molecule has 1 N–H and O–H groups in total. The topological polar surface area (TPSA) is 88.4 Å². The highest BCUT2D eigenvalue weighted by Crippen LogP contribution is 2.29. The normalized spacial score (nSPS) is 10.7. The Bertz CT molecular complexity index is 930. The Kier molecular flexibility index (Phi) is 7.28. The van der Waals surface area contributed by atoms with E-state index in [4.69, 9.17) is 9.47 Å². The van der Waals surface area contributed by atoms with Gasteiger partial charge in [-0.15, -0.1) is 0 Å². The summed E-state index contributed by atoms with van der Waals surface area (Å²) in [6.07, 6.45) is 1.40. The molecule has 144 valence electrons. The third kappa shape index (κ3) is 5.42. The number of likely N-dealkylation sites (N-methyl/N-ethyl adjacent to an activating group) is 1. The number of ketones is 1. The molecule has 0 aliphatic rings. The maximum absolute atomic E-state index is 13.0. The molecule has 7 heteroatoms. The number of Topliss-reactive ketones (excluding diaryl/α,β-unsaturated/α-hetero) is 1. The Morgan fingerprint density at radius 2 is 1.89 bits per heavy atom. The molecule has 0 atom stereocenters. The van der Waals surface area contributed by atoms with Crippen molar-refractivity contribution in [3.8, 4) is 17.6 Å². The standard InChI is InChI=1S/C21H19FN2O4/c1-3-24-20(25)13-28-18-9-4-14(11-19(18)27-2)10-16(12-23)21(26)15-5-7-17(22)8-6-15/h4-11H,3,13H2,1-2H3,(H,24,25)/b16-10+. The van der Waals surface area contributed by atoms with Crippen molar-refractivity contribution in [1.82, 2.24) is 5.32 Å². The lowest BCUT2D eigenvalue weighted by Crippen LogP contribution is -2.28. The molecular formula is C21H19FN2O4. The molecule has 0 aromatic heterocycles. The monoisotopic (exact) mass is 382 g/mol. The van der Waals surface area contributed by atoms with Gasteiger partial charge in [-0.25, -0.2) is 4.39 Å². The molecule has 0 fully saturated rings. The number of hydrogen-bond donors (Lipinski definition) is 1. The van der Waals surface area contributed by atoms with Gasteiger partial charge in [0.1, 0.15) is 17.5 Å². The number of nitrogens with zero attached hydrogens (tertiary/aromatic N) is 1. The minimum atomic E-state index is -0.516. The highest BCUT2D eigenvalue weighted by atomic mass is 19.1. The number of methoxy groups -OCH3 is 1. The minimum Gasteiger partial charge on any atom is -0.493 e. The van der Waals surface area contributed by atoms with E-state index in [-0.39, 0.29) is 23.7 Å². The highest BCUT2D eigenvalue weighted by molar-refractivity contribution is 6.14. The highest BCUT2D eigenvalue weighted by Gasteiger charge is 2.13. The van der Waals surface area contributed by atoms with Gasteiger partial charge < -0.3 is 14.8 Å². The second-order valence-electron chi connectivity index (χ2n) is 5.66. The van der Waals surface area contributed by atoms with E-state index in [1.54, 1.807) is 25.1 Å². The van der Waals surface area contributed by atoms with Gasteiger partial charge in [-0.3, -0.25) is 9.59 Å². The average molecular weight is 382 g/mol. The van der Waals surface area contributed by atoms with Crippen LogP contribution < -0.4 is 14.8 Å². The van der Waals surface area contributed by atoms with Crippen LogP contribution in [0.2, 0.25) is 0 Å². The lowest BCUT2D eigenvalue weighted by atomic mass is 10.0. The van der Waals surface area contributed by atoms with E-state index in [0.717, 1.165) is 12.1 Å². The van der Waals surface area contributed by atoms with Gasteiger partial charge in [0.05, 0.1) is 7.11 Å². The molecule has 0 spiro atoms. The Hall–Kier alpha value is -3.66. The van der Waals surface area contributed by atoms with E-state index in [1.807, 2.05) is 6.07 Å². The summed E-state index contributed by atoms with van der Waals surface area (Å²) in [5, 5.41) is 12.0. The van der Waals surface area contributed by atoms with Gasteiger partial charge in [-0.1, -0.05) is 6.07 Å². The lowest BCUT2D eigenvalue weighted by Gasteiger charge is -2.11. The average Bonchev–Trinajstić information content (AvgIpc) is 2.71. The summed E-state index contributed by atoms with van der Waals surface area (Å²) in [5.74, 6) is -0.533. The van der Waals surface area contributed by atoms with Gasteiger partial charge in [-0.2, -0.15) is 5.26 Å². The second kappa shape index (κ2) is 9.88. The van der Waals surface area contributed by atoms with Crippen LogP contribution in [0.25, 0.3) is 6.08 Å². The molecule has 0 saturated heterocycles. The summed E-state index contributed by atoms with van der Waals surface area (Å²) in [6.45, 7) is 2.15. The zero-order chi connectivity index (χ0) is 20.5. The SMILES string of the molecule is CCNC(=O)COc1ccc(/C=C(\C#N)C(=O)c2ccc(F)cc2)cc1OC. The predicted molar refractivity (Wildman–Crippen MR) is 101 cm³/mol. The van der Waals surface area contributed by atoms with Crippen LogP contribution >= 0.6 is 0 Å². The number of halogens is 1. The molecular weight excluding hydrogens is 363 g/mol. The fourth-order valence-corrected chi connectivity index (χ4v) is 2.36. The first-order valence-electron chi connectivity index (χ1n) is 8.48. The first kappa shape index (κ1) is 20.6. The zero-order valence-corrected chi connectivity index (χ0v) is 15.5. The molecule has 0 unspecified atom stereocenters. The number of carbonyl (C=O) groups excluding carboxylic acids is 2. The molecule has 2 aromatic rings. The van der Waals surface area contributed by atoms with Crippen LogP contribution in [0.1, 0.15) is 22.8 Å². The number of carbonyl (C=O) groups is 2.